The highest BCUT2D eigenvalue weighted by atomic mass is 35.5. The van der Waals surface area contributed by atoms with Crippen molar-refractivity contribution in [1.82, 2.24) is 9.88 Å². The highest BCUT2D eigenvalue weighted by Crippen LogP contribution is 2.36. The van der Waals surface area contributed by atoms with Crippen LogP contribution in [0, 0.1) is 6.92 Å². The smallest absolute Gasteiger partial charge is 0.262 e. The summed E-state index contributed by atoms with van der Waals surface area (Å²) in [5.41, 5.74) is 2.39. The fourth-order valence-electron chi connectivity index (χ4n) is 2.68. The summed E-state index contributed by atoms with van der Waals surface area (Å²) in [6.45, 7) is 2.49. The highest BCUT2D eigenvalue weighted by Gasteiger charge is 2.20. The molecule has 0 unspecified atom stereocenters. The predicted molar refractivity (Wildman–Crippen MR) is 111 cm³/mol. The van der Waals surface area contributed by atoms with Crippen molar-refractivity contribution in [3.05, 3.63) is 63.8 Å². The summed E-state index contributed by atoms with van der Waals surface area (Å²) in [6, 6.07) is 11.8. The lowest BCUT2D eigenvalue weighted by Crippen LogP contribution is -2.15. The lowest BCUT2D eigenvalue weighted by molar-refractivity contribution is 0.397. The van der Waals surface area contributed by atoms with Gasteiger partial charge in [-0.15, -0.1) is 0 Å². The van der Waals surface area contributed by atoms with E-state index in [4.69, 9.17) is 23.2 Å². The Morgan fingerprint density at radius 1 is 1.04 bits per heavy atom. The second-order valence-electron chi connectivity index (χ2n) is 6.57. The maximum Gasteiger partial charge on any atom is 0.262 e. The number of sulfonamides is 1. The lowest BCUT2D eigenvalue weighted by Gasteiger charge is -2.15. The molecule has 1 heterocycles. The van der Waals surface area contributed by atoms with Crippen molar-refractivity contribution in [2.24, 2.45) is 0 Å². The van der Waals surface area contributed by atoms with E-state index in [2.05, 4.69) is 9.71 Å². The van der Waals surface area contributed by atoms with Crippen LogP contribution in [0.15, 0.2) is 47.4 Å². The third kappa shape index (κ3) is 4.35. The van der Waals surface area contributed by atoms with Crippen LogP contribution in [0.3, 0.4) is 0 Å². The van der Waals surface area contributed by atoms with Crippen molar-refractivity contribution < 1.29 is 8.42 Å². The topological polar surface area (TPSA) is 62.3 Å². The molecule has 1 aromatic heterocycles. The first-order valence-corrected chi connectivity index (χ1v) is 10.4. The molecule has 0 aliphatic rings. The number of benzene rings is 2. The average molecular weight is 424 g/mol. The Balaban J connectivity index is 2.13. The minimum Gasteiger partial charge on any atom is -0.304 e. The summed E-state index contributed by atoms with van der Waals surface area (Å²) >= 11 is 12.6. The zero-order valence-electron chi connectivity index (χ0n) is 15.1. The number of halogens is 2. The van der Waals surface area contributed by atoms with Gasteiger partial charge in [0.25, 0.3) is 10.0 Å². The van der Waals surface area contributed by atoms with Crippen LogP contribution < -0.4 is 4.72 Å². The normalized spacial score (nSPS) is 11.9. The summed E-state index contributed by atoms with van der Waals surface area (Å²) in [7, 11) is 0.0361. The SMILES string of the molecule is Cc1ccc(S(=O)(=O)Nc2c(Cl)cc(Cl)c3ccc(CN(C)C)nc23)cc1. The number of nitrogens with zero attached hydrogens (tertiary/aromatic N) is 2. The molecule has 0 bridgehead atoms. The minimum atomic E-state index is -3.82. The molecule has 3 rings (SSSR count). The molecule has 0 aliphatic carbocycles. The average Bonchev–Trinajstić information content (AvgIpc) is 2.58. The van der Waals surface area contributed by atoms with E-state index in [0.717, 1.165) is 11.3 Å². The third-order valence-electron chi connectivity index (χ3n) is 3.99. The summed E-state index contributed by atoms with van der Waals surface area (Å²) < 4.78 is 28.2. The number of nitrogens with one attached hydrogen (secondary N) is 1. The molecule has 142 valence electrons. The van der Waals surface area contributed by atoms with Crippen LogP contribution in [0.2, 0.25) is 10.0 Å². The van der Waals surface area contributed by atoms with Gasteiger partial charge in [0, 0.05) is 11.9 Å². The second kappa shape index (κ2) is 7.64. The fraction of sp³-hybridized carbons (Fsp3) is 0.211. The Morgan fingerprint density at radius 2 is 1.70 bits per heavy atom. The van der Waals surface area contributed by atoms with E-state index in [-0.39, 0.29) is 15.6 Å². The highest BCUT2D eigenvalue weighted by molar-refractivity contribution is 7.92. The van der Waals surface area contributed by atoms with Gasteiger partial charge in [0.1, 0.15) is 0 Å². The van der Waals surface area contributed by atoms with Gasteiger partial charge in [0.05, 0.1) is 31.8 Å². The van der Waals surface area contributed by atoms with Crippen molar-refractivity contribution in [1.29, 1.82) is 0 Å². The minimum absolute atomic E-state index is 0.150. The predicted octanol–water partition coefficient (Wildman–Crippen LogP) is 4.71. The zero-order valence-corrected chi connectivity index (χ0v) is 17.5. The monoisotopic (exact) mass is 423 g/mol. The van der Waals surface area contributed by atoms with Crippen LogP contribution in [-0.4, -0.2) is 32.4 Å². The summed E-state index contributed by atoms with van der Waals surface area (Å²) in [5.74, 6) is 0. The summed E-state index contributed by atoms with van der Waals surface area (Å²) in [4.78, 5) is 6.71. The van der Waals surface area contributed by atoms with E-state index in [1.165, 1.54) is 6.07 Å². The van der Waals surface area contributed by atoms with Crippen LogP contribution in [0.25, 0.3) is 10.9 Å². The van der Waals surface area contributed by atoms with E-state index in [0.29, 0.717) is 22.5 Å². The molecule has 0 radical (unpaired) electrons. The molecule has 0 amide bonds. The first-order valence-electron chi connectivity index (χ1n) is 8.19. The van der Waals surface area contributed by atoms with Crippen LogP contribution in [-0.2, 0) is 16.6 Å². The molecule has 8 heteroatoms. The summed E-state index contributed by atoms with van der Waals surface area (Å²) in [5, 5.41) is 1.24. The molecular formula is C19H19Cl2N3O2S. The van der Waals surface area contributed by atoms with Crippen LogP contribution in [0.1, 0.15) is 11.3 Å². The number of aryl methyl sites for hydroxylation is 1. The summed E-state index contributed by atoms with van der Waals surface area (Å²) in [6.07, 6.45) is 0. The quantitative estimate of drug-likeness (QED) is 0.644. The van der Waals surface area contributed by atoms with E-state index >= 15 is 0 Å². The Morgan fingerprint density at radius 3 is 2.33 bits per heavy atom. The van der Waals surface area contributed by atoms with Crippen LogP contribution >= 0.6 is 23.2 Å². The van der Waals surface area contributed by atoms with E-state index in [1.54, 1.807) is 24.3 Å². The van der Waals surface area contributed by atoms with Gasteiger partial charge in [-0.1, -0.05) is 40.9 Å². The van der Waals surface area contributed by atoms with Crippen molar-refractivity contribution in [3.8, 4) is 0 Å². The van der Waals surface area contributed by atoms with Crippen molar-refractivity contribution in [2.75, 3.05) is 18.8 Å². The number of fused-ring (bicyclic) bond motifs is 1. The van der Waals surface area contributed by atoms with E-state index in [9.17, 15) is 8.42 Å². The van der Waals surface area contributed by atoms with Crippen molar-refractivity contribution in [3.63, 3.8) is 0 Å². The Labute approximate surface area is 169 Å². The fourth-order valence-corrected chi connectivity index (χ4v) is 4.38. The van der Waals surface area contributed by atoms with E-state index < -0.39 is 10.0 Å². The number of hydrogen-bond donors (Lipinski definition) is 1. The number of aromatic nitrogens is 1. The van der Waals surface area contributed by atoms with Crippen molar-refractivity contribution in [2.45, 2.75) is 18.4 Å². The molecule has 0 saturated carbocycles. The molecule has 5 nitrogen and oxygen atoms in total. The van der Waals surface area contributed by atoms with Gasteiger partial charge < -0.3 is 4.90 Å². The molecule has 2 aromatic carbocycles. The zero-order chi connectivity index (χ0) is 19.8. The molecule has 0 spiro atoms. The molecule has 0 fully saturated rings. The standard InChI is InChI=1S/C19H19Cl2N3O2S/c1-12-4-7-14(8-5-12)27(25,26)23-19-17(21)10-16(20)15-9-6-13(11-24(2)3)22-18(15)19/h4-10,23H,11H2,1-3H3. The Hall–Kier alpha value is -1.86. The molecule has 27 heavy (non-hydrogen) atoms. The number of rotatable bonds is 5. The van der Waals surface area contributed by atoms with E-state index in [1.807, 2.05) is 38.1 Å². The molecule has 0 saturated heterocycles. The molecule has 3 aromatic rings. The molecular weight excluding hydrogens is 405 g/mol. The number of anilines is 1. The van der Waals surface area contributed by atoms with Crippen LogP contribution in [0.5, 0.6) is 0 Å². The third-order valence-corrected chi connectivity index (χ3v) is 5.96. The van der Waals surface area contributed by atoms with Gasteiger partial charge in [0.15, 0.2) is 0 Å². The largest absolute Gasteiger partial charge is 0.304 e. The van der Waals surface area contributed by atoms with Gasteiger partial charge in [-0.25, -0.2) is 13.4 Å². The lowest BCUT2D eigenvalue weighted by atomic mass is 10.1. The first kappa shape index (κ1) is 19.9. The van der Waals surface area contributed by atoms with Gasteiger partial charge >= 0.3 is 0 Å². The number of hydrogen-bond acceptors (Lipinski definition) is 4. The van der Waals surface area contributed by atoms with Gasteiger partial charge in [0.2, 0.25) is 0 Å². The molecule has 1 N–H and O–H groups in total. The second-order valence-corrected chi connectivity index (χ2v) is 9.07. The first-order chi connectivity index (χ1) is 12.7. The maximum atomic E-state index is 12.8. The van der Waals surface area contributed by atoms with Crippen molar-refractivity contribution >= 4 is 49.8 Å². The van der Waals surface area contributed by atoms with Gasteiger partial charge in [-0.3, -0.25) is 4.72 Å². The molecule has 0 aliphatic heterocycles. The van der Waals surface area contributed by atoms with Gasteiger partial charge in [-0.2, -0.15) is 0 Å². The Kier molecular flexibility index (Phi) is 5.63. The molecule has 0 atom stereocenters. The maximum absolute atomic E-state index is 12.8. The van der Waals surface area contributed by atoms with Crippen LogP contribution in [0.4, 0.5) is 5.69 Å². The van der Waals surface area contributed by atoms with Gasteiger partial charge in [-0.05, 0) is 51.4 Å². The Bertz CT molecular complexity index is 1100. The number of pyridine rings is 1.